The molecule has 86 valence electrons. The second-order valence-electron chi connectivity index (χ2n) is 4.83. The first kappa shape index (κ1) is 10.9. The molecular weight excluding hydrogens is 195 g/mol. The van der Waals surface area contributed by atoms with E-state index in [-0.39, 0.29) is 12.1 Å². The summed E-state index contributed by atoms with van der Waals surface area (Å²) >= 11 is 0. The normalized spacial score (nSPS) is 33.5. The molecular formula is C11H19FN2O. The number of hydrogen-bond acceptors (Lipinski definition) is 2. The van der Waals surface area contributed by atoms with Crippen molar-refractivity contribution >= 4 is 5.91 Å². The summed E-state index contributed by atoms with van der Waals surface area (Å²) < 4.78 is 14.1. The van der Waals surface area contributed by atoms with Crippen LogP contribution in [0.15, 0.2) is 0 Å². The third-order valence-corrected chi connectivity index (χ3v) is 3.88. The molecule has 2 aliphatic rings. The number of nitrogens with one attached hydrogen (secondary N) is 2. The number of rotatable bonds is 3. The lowest BCUT2D eigenvalue weighted by Crippen LogP contribution is -2.58. The Morgan fingerprint density at radius 2 is 2.20 bits per heavy atom. The highest BCUT2D eigenvalue weighted by Crippen LogP contribution is 2.35. The lowest BCUT2D eigenvalue weighted by molar-refractivity contribution is -0.135. The van der Waals surface area contributed by atoms with E-state index in [2.05, 4.69) is 17.6 Å². The Balaban J connectivity index is 1.96. The zero-order valence-electron chi connectivity index (χ0n) is 9.24. The first-order valence-electron chi connectivity index (χ1n) is 5.83. The summed E-state index contributed by atoms with van der Waals surface area (Å²) in [4.78, 5) is 11.8. The summed E-state index contributed by atoms with van der Waals surface area (Å²) in [5.41, 5.74) is -1.77. The van der Waals surface area contributed by atoms with Crippen molar-refractivity contribution in [2.24, 2.45) is 0 Å². The Morgan fingerprint density at radius 1 is 1.47 bits per heavy atom. The van der Waals surface area contributed by atoms with Gasteiger partial charge in [-0.3, -0.25) is 4.79 Å². The topological polar surface area (TPSA) is 41.1 Å². The van der Waals surface area contributed by atoms with E-state index < -0.39 is 11.6 Å². The van der Waals surface area contributed by atoms with Gasteiger partial charge in [-0.25, -0.2) is 4.39 Å². The molecule has 1 atom stereocenters. The molecule has 0 unspecified atom stereocenters. The second kappa shape index (κ2) is 3.74. The predicted molar refractivity (Wildman–Crippen MR) is 56.3 cm³/mol. The lowest BCUT2D eigenvalue weighted by atomic mass is 9.74. The summed E-state index contributed by atoms with van der Waals surface area (Å²) in [5.74, 6) is -0.408. The maximum absolute atomic E-state index is 14.1. The van der Waals surface area contributed by atoms with Crippen LogP contribution < -0.4 is 10.6 Å². The van der Waals surface area contributed by atoms with Gasteiger partial charge in [0.05, 0.1) is 0 Å². The molecule has 0 aromatic carbocycles. The molecule has 2 fully saturated rings. The van der Waals surface area contributed by atoms with Crippen molar-refractivity contribution in [2.45, 2.75) is 50.2 Å². The number of halogens is 1. The number of carbonyl (C=O) groups excluding carboxylic acids is 1. The largest absolute Gasteiger partial charge is 0.348 e. The fraction of sp³-hybridized carbons (Fsp3) is 0.909. The molecule has 1 aliphatic heterocycles. The van der Waals surface area contributed by atoms with Crippen LogP contribution in [0.3, 0.4) is 0 Å². The number of hydrogen-bond donors (Lipinski definition) is 2. The molecule has 0 aromatic rings. The molecule has 4 heteroatoms. The van der Waals surface area contributed by atoms with Crippen LogP contribution in [0.2, 0.25) is 0 Å². The van der Waals surface area contributed by atoms with Gasteiger partial charge in [-0.1, -0.05) is 6.92 Å². The van der Waals surface area contributed by atoms with Gasteiger partial charge in [0.15, 0.2) is 0 Å². The van der Waals surface area contributed by atoms with E-state index in [0.29, 0.717) is 13.0 Å². The quantitative estimate of drug-likeness (QED) is 0.739. The van der Waals surface area contributed by atoms with Gasteiger partial charge in [0.2, 0.25) is 5.67 Å². The van der Waals surface area contributed by atoms with Crippen molar-refractivity contribution in [1.29, 1.82) is 0 Å². The molecule has 1 heterocycles. The summed E-state index contributed by atoms with van der Waals surface area (Å²) in [5, 5.41) is 5.81. The van der Waals surface area contributed by atoms with Gasteiger partial charge in [0, 0.05) is 18.5 Å². The molecule has 15 heavy (non-hydrogen) atoms. The lowest BCUT2D eigenvalue weighted by Gasteiger charge is -2.43. The van der Waals surface area contributed by atoms with Crippen LogP contribution in [0.5, 0.6) is 0 Å². The van der Waals surface area contributed by atoms with E-state index in [1.807, 2.05) is 0 Å². The maximum atomic E-state index is 14.1. The van der Waals surface area contributed by atoms with Gasteiger partial charge in [0.25, 0.3) is 5.91 Å². The molecule has 3 nitrogen and oxygen atoms in total. The van der Waals surface area contributed by atoms with Gasteiger partial charge in [0.1, 0.15) is 0 Å². The molecule has 0 aromatic heterocycles. The summed E-state index contributed by atoms with van der Waals surface area (Å²) in [7, 11) is 0. The molecule has 1 saturated carbocycles. The Kier molecular flexibility index (Phi) is 2.71. The molecule has 1 aliphatic carbocycles. The molecule has 0 bridgehead atoms. The van der Waals surface area contributed by atoms with E-state index in [9.17, 15) is 9.18 Å². The van der Waals surface area contributed by atoms with Crippen LogP contribution in [0, 0.1) is 0 Å². The van der Waals surface area contributed by atoms with Crippen LogP contribution >= 0.6 is 0 Å². The molecule has 1 saturated heterocycles. The van der Waals surface area contributed by atoms with Gasteiger partial charge in [-0.15, -0.1) is 0 Å². The minimum atomic E-state index is -1.67. The van der Waals surface area contributed by atoms with Gasteiger partial charge in [-0.05, 0) is 32.2 Å². The van der Waals surface area contributed by atoms with Crippen LogP contribution in [0.4, 0.5) is 4.39 Å². The monoisotopic (exact) mass is 214 g/mol. The fourth-order valence-corrected chi connectivity index (χ4v) is 2.38. The zero-order chi connectivity index (χ0) is 10.9. The first-order valence-corrected chi connectivity index (χ1v) is 5.83. The first-order chi connectivity index (χ1) is 7.10. The predicted octanol–water partition coefficient (Wildman–Crippen LogP) is 1.14. The maximum Gasteiger partial charge on any atom is 0.259 e. The number of carbonyl (C=O) groups is 1. The van der Waals surface area contributed by atoms with Gasteiger partial charge in [-0.2, -0.15) is 0 Å². The molecule has 1 amide bonds. The van der Waals surface area contributed by atoms with Crippen LogP contribution in [-0.4, -0.2) is 30.2 Å². The van der Waals surface area contributed by atoms with Crippen LogP contribution in [-0.2, 0) is 4.79 Å². The summed E-state index contributed by atoms with van der Waals surface area (Å²) in [6.45, 7) is 2.82. The zero-order valence-corrected chi connectivity index (χ0v) is 9.24. The third-order valence-electron chi connectivity index (χ3n) is 3.88. The average Bonchev–Trinajstić information content (AvgIpc) is 2.60. The van der Waals surface area contributed by atoms with Crippen molar-refractivity contribution in [3.63, 3.8) is 0 Å². The fourth-order valence-electron chi connectivity index (χ4n) is 2.38. The molecule has 0 spiro atoms. The van der Waals surface area contributed by atoms with Crippen molar-refractivity contribution in [3.05, 3.63) is 0 Å². The number of amides is 1. The SMILES string of the molecule is CCC1(NC(=O)[C@@]2(F)CCNC2)CCC1. The number of alkyl halides is 1. The minimum absolute atomic E-state index is 0.0984. The van der Waals surface area contributed by atoms with Gasteiger partial charge < -0.3 is 10.6 Å². The second-order valence-corrected chi connectivity index (χ2v) is 4.83. The van der Waals surface area contributed by atoms with Crippen LogP contribution in [0.1, 0.15) is 39.0 Å². The highest BCUT2D eigenvalue weighted by atomic mass is 19.1. The Bertz CT molecular complexity index is 252. The van der Waals surface area contributed by atoms with E-state index in [1.165, 1.54) is 0 Å². The minimum Gasteiger partial charge on any atom is -0.348 e. The molecule has 2 N–H and O–H groups in total. The van der Waals surface area contributed by atoms with Crippen LogP contribution in [0.25, 0.3) is 0 Å². The Labute approximate surface area is 89.8 Å². The van der Waals surface area contributed by atoms with Crippen molar-refractivity contribution < 1.29 is 9.18 Å². The van der Waals surface area contributed by atoms with Crippen molar-refractivity contribution in [2.75, 3.05) is 13.1 Å². The molecule has 2 rings (SSSR count). The Hall–Kier alpha value is -0.640. The van der Waals surface area contributed by atoms with Gasteiger partial charge >= 0.3 is 0 Å². The standard InChI is InChI=1S/C11H19FN2O/c1-2-10(4-3-5-10)14-9(15)11(12)6-7-13-8-11/h13H,2-8H2,1H3,(H,14,15)/t11-/m1/s1. The molecule has 0 radical (unpaired) electrons. The summed E-state index contributed by atoms with van der Waals surface area (Å²) in [6, 6.07) is 0. The highest BCUT2D eigenvalue weighted by Gasteiger charge is 2.46. The van der Waals surface area contributed by atoms with Crippen molar-refractivity contribution in [1.82, 2.24) is 10.6 Å². The van der Waals surface area contributed by atoms with E-state index in [4.69, 9.17) is 0 Å². The van der Waals surface area contributed by atoms with Crippen molar-refractivity contribution in [3.8, 4) is 0 Å². The Morgan fingerprint density at radius 3 is 2.60 bits per heavy atom. The average molecular weight is 214 g/mol. The van der Waals surface area contributed by atoms with E-state index in [1.54, 1.807) is 0 Å². The highest BCUT2D eigenvalue weighted by molar-refractivity contribution is 5.86. The summed E-state index contributed by atoms with van der Waals surface area (Å²) in [6.07, 6.45) is 4.35. The van der Waals surface area contributed by atoms with E-state index >= 15 is 0 Å². The smallest absolute Gasteiger partial charge is 0.259 e. The third kappa shape index (κ3) is 1.87. The van der Waals surface area contributed by atoms with E-state index in [0.717, 1.165) is 25.7 Å².